The number of fused-ring (bicyclic) bond motifs is 1. The first-order valence-electron chi connectivity index (χ1n) is 6.62. The first kappa shape index (κ1) is 12.9. The Bertz CT molecular complexity index is 592. The number of aromatic nitrogens is 2. The van der Waals surface area contributed by atoms with Gasteiger partial charge in [0.2, 0.25) is 0 Å². The average molecular weight is 280 g/mol. The molecule has 1 aliphatic rings. The second kappa shape index (κ2) is 5.12. The lowest BCUT2D eigenvalue weighted by atomic mass is 10.2. The molecule has 2 N–H and O–H groups in total. The molecule has 1 fully saturated rings. The van der Waals surface area contributed by atoms with Gasteiger partial charge in [-0.1, -0.05) is 11.6 Å². The van der Waals surface area contributed by atoms with Gasteiger partial charge in [-0.25, -0.2) is 4.98 Å². The molecule has 1 heterocycles. The van der Waals surface area contributed by atoms with Gasteiger partial charge in [-0.15, -0.1) is 0 Å². The van der Waals surface area contributed by atoms with Crippen molar-refractivity contribution in [3.63, 3.8) is 0 Å². The number of ether oxygens (including phenoxy) is 1. The zero-order chi connectivity index (χ0) is 13.4. The van der Waals surface area contributed by atoms with Crippen LogP contribution in [0.1, 0.15) is 37.2 Å². The van der Waals surface area contributed by atoms with Crippen LogP contribution in [0.2, 0.25) is 5.02 Å². The average Bonchev–Trinajstić information content (AvgIpc) is 3.16. The molecular weight excluding hydrogens is 262 g/mol. The number of halogens is 1. The molecule has 0 bridgehead atoms. The van der Waals surface area contributed by atoms with E-state index in [2.05, 4.69) is 9.55 Å². The van der Waals surface area contributed by atoms with Crippen molar-refractivity contribution in [3.8, 4) is 0 Å². The van der Waals surface area contributed by atoms with Crippen molar-refractivity contribution in [2.45, 2.75) is 31.3 Å². The van der Waals surface area contributed by atoms with Crippen LogP contribution in [0.4, 0.5) is 0 Å². The predicted molar refractivity (Wildman–Crippen MR) is 76.4 cm³/mol. The van der Waals surface area contributed by atoms with Crippen molar-refractivity contribution in [1.29, 1.82) is 0 Å². The van der Waals surface area contributed by atoms with Crippen LogP contribution in [-0.4, -0.2) is 23.3 Å². The molecule has 1 aliphatic carbocycles. The van der Waals surface area contributed by atoms with Gasteiger partial charge < -0.3 is 15.0 Å². The molecule has 0 amide bonds. The number of imidazole rings is 1. The minimum atomic E-state index is -0.0910. The van der Waals surface area contributed by atoms with Crippen LogP contribution in [0.5, 0.6) is 0 Å². The highest BCUT2D eigenvalue weighted by Crippen LogP contribution is 2.40. The van der Waals surface area contributed by atoms with Gasteiger partial charge in [-0.3, -0.25) is 0 Å². The molecule has 1 saturated carbocycles. The van der Waals surface area contributed by atoms with Crippen molar-refractivity contribution in [2.24, 2.45) is 5.73 Å². The van der Waals surface area contributed by atoms with E-state index >= 15 is 0 Å². The molecule has 3 rings (SSSR count). The Morgan fingerprint density at radius 2 is 2.32 bits per heavy atom. The lowest BCUT2D eigenvalue weighted by Crippen LogP contribution is -2.18. The fourth-order valence-electron chi connectivity index (χ4n) is 2.44. The Balaban J connectivity index is 2.04. The van der Waals surface area contributed by atoms with Gasteiger partial charge >= 0.3 is 0 Å². The molecule has 0 saturated heterocycles. The Morgan fingerprint density at radius 3 is 3.00 bits per heavy atom. The number of hydrogen-bond donors (Lipinski definition) is 1. The summed E-state index contributed by atoms with van der Waals surface area (Å²) >= 11 is 6.04. The highest BCUT2D eigenvalue weighted by molar-refractivity contribution is 6.31. The summed E-state index contributed by atoms with van der Waals surface area (Å²) in [5.41, 5.74) is 8.32. The highest BCUT2D eigenvalue weighted by atomic mass is 35.5. The van der Waals surface area contributed by atoms with Crippen molar-refractivity contribution in [3.05, 3.63) is 29.0 Å². The summed E-state index contributed by atoms with van der Waals surface area (Å²) < 4.78 is 7.39. The van der Waals surface area contributed by atoms with E-state index in [0.29, 0.717) is 17.7 Å². The van der Waals surface area contributed by atoms with Crippen LogP contribution in [0.3, 0.4) is 0 Å². The van der Waals surface area contributed by atoms with E-state index in [0.717, 1.165) is 23.3 Å². The van der Waals surface area contributed by atoms with Crippen LogP contribution in [0, 0.1) is 0 Å². The van der Waals surface area contributed by atoms with E-state index < -0.39 is 0 Å². The molecule has 0 aliphatic heterocycles. The Hall–Kier alpha value is -1.10. The summed E-state index contributed by atoms with van der Waals surface area (Å²) in [7, 11) is 1.69. The molecular formula is C14H18ClN3O. The highest BCUT2D eigenvalue weighted by Gasteiger charge is 2.29. The van der Waals surface area contributed by atoms with Crippen LogP contribution >= 0.6 is 11.6 Å². The number of benzene rings is 1. The Kier molecular flexibility index (Phi) is 3.48. The molecule has 0 radical (unpaired) electrons. The fourth-order valence-corrected chi connectivity index (χ4v) is 2.61. The summed E-state index contributed by atoms with van der Waals surface area (Å²) in [6, 6.07) is 6.31. The first-order valence-corrected chi connectivity index (χ1v) is 7.00. The monoisotopic (exact) mass is 279 g/mol. The molecule has 0 spiro atoms. The smallest absolute Gasteiger partial charge is 0.127 e. The van der Waals surface area contributed by atoms with E-state index in [4.69, 9.17) is 22.1 Å². The molecule has 1 aromatic carbocycles. The second-order valence-electron chi connectivity index (χ2n) is 5.09. The number of hydrogen-bond acceptors (Lipinski definition) is 3. The third-order valence-corrected chi connectivity index (χ3v) is 3.79. The summed E-state index contributed by atoms with van der Waals surface area (Å²) in [5, 5.41) is 0.713. The Morgan fingerprint density at radius 1 is 1.53 bits per heavy atom. The fraction of sp³-hybridized carbons (Fsp3) is 0.500. The maximum atomic E-state index is 6.25. The molecule has 2 aromatic rings. The lowest BCUT2D eigenvalue weighted by Gasteiger charge is -2.13. The predicted octanol–water partition coefficient (Wildman–Crippen LogP) is 3.06. The van der Waals surface area contributed by atoms with Gasteiger partial charge in [0, 0.05) is 24.8 Å². The van der Waals surface area contributed by atoms with Crippen LogP contribution < -0.4 is 5.73 Å². The van der Waals surface area contributed by atoms with Gasteiger partial charge in [0.25, 0.3) is 0 Å². The second-order valence-corrected chi connectivity index (χ2v) is 5.53. The molecule has 1 aromatic heterocycles. The summed E-state index contributed by atoms with van der Waals surface area (Å²) in [6.07, 6.45) is 3.19. The zero-order valence-electron chi connectivity index (χ0n) is 11.0. The summed E-state index contributed by atoms with van der Waals surface area (Å²) in [6.45, 7) is 0.649. The van der Waals surface area contributed by atoms with E-state index in [-0.39, 0.29) is 6.04 Å². The summed E-state index contributed by atoms with van der Waals surface area (Å²) in [5.74, 6) is 0.955. The zero-order valence-corrected chi connectivity index (χ0v) is 11.7. The van der Waals surface area contributed by atoms with Gasteiger partial charge in [-0.05, 0) is 37.5 Å². The topological polar surface area (TPSA) is 53.1 Å². The largest absolute Gasteiger partial charge is 0.385 e. The third-order valence-electron chi connectivity index (χ3n) is 3.56. The molecule has 102 valence electrons. The van der Waals surface area contributed by atoms with Crippen molar-refractivity contribution in [2.75, 3.05) is 13.7 Å². The molecule has 1 atom stereocenters. The first-order chi connectivity index (χ1) is 9.20. The maximum absolute atomic E-state index is 6.25. The van der Waals surface area contributed by atoms with Gasteiger partial charge in [-0.2, -0.15) is 0 Å². The van der Waals surface area contributed by atoms with Crippen molar-refractivity contribution >= 4 is 22.6 Å². The van der Waals surface area contributed by atoms with Gasteiger partial charge in [0.1, 0.15) is 5.82 Å². The summed E-state index contributed by atoms with van der Waals surface area (Å²) in [4.78, 5) is 4.69. The van der Waals surface area contributed by atoms with E-state index in [1.165, 1.54) is 12.8 Å². The maximum Gasteiger partial charge on any atom is 0.127 e. The lowest BCUT2D eigenvalue weighted by molar-refractivity contribution is 0.186. The number of nitrogens with zero attached hydrogens (tertiary/aromatic N) is 2. The molecule has 5 heteroatoms. The quantitative estimate of drug-likeness (QED) is 0.915. The normalized spacial score (nSPS) is 17.0. The van der Waals surface area contributed by atoms with E-state index in [1.54, 1.807) is 7.11 Å². The van der Waals surface area contributed by atoms with E-state index in [9.17, 15) is 0 Å². The van der Waals surface area contributed by atoms with Crippen LogP contribution in [0.25, 0.3) is 11.0 Å². The van der Waals surface area contributed by atoms with Gasteiger partial charge in [0.05, 0.1) is 17.1 Å². The standard InChI is InChI=1S/C14H18ClN3O/c1-19-7-6-11(16)14-17-12-8-9(15)2-5-13(12)18(14)10-3-4-10/h2,5,8,10-11H,3-4,6-7,16H2,1H3. The van der Waals surface area contributed by atoms with Crippen molar-refractivity contribution in [1.82, 2.24) is 9.55 Å². The number of rotatable bonds is 5. The van der Waals surface area contributed by atoms with E-state index in [1.807, 2.05) is 18.2 Å². The third kappa shape index (κ3) is 2.48. The van der Waals surface area contributed by atoms with Crippen LogP contribution in [0.15, 0.2) is 18.2 Å². The van der Waals surface area contributed by atoms with Gasteiger partial charge in [0.15, 0.2) is 0 Å². The number of methoxy groups -OCH3 is 1. The molecule has 19 heavy (non-hydrogen) atoms. The minimum absolute atomic E-state index is 0.0910. The molecule has 4 nitrogen and oxygen atoms in total. The Labute approximate surface area is 117 Å². The van der Waals surface area contributed by atoms with Crippen LogP contribution in [-0.2, 0) is 4.74 Å². The van der Waals surface area contributed by atoms with Crippen molar-refractivity contribution < 1.29 is 4.74 Å². The molecule has 1 unspecified atom stereocenters. The SMILES string of the molecule is COCCC(N)c1nc2cc(Cl)ccc2n1C1CC1. The number of nitrogens with two attached hydrogens (primary N) is 1. The minimum Gasteiger partial charge on any atom is -0.385 e.